The van der Waals surface area contributed by atoms with Crippen molar-refractivity contribution in [1.82, 2.24) is 9.55 Å². The van der Waals surface area contributed by atoms with Crippen LogP contribution in [0, 0.1) is 4.77 Å². The SMILES string of the molecule is O=c1c2sccc2[nH]c(=S)n1C1CCSCC1. The van der Waals surface area contributed by atoms with Gasteiger partial charge >= 0.3 is 0 Å². The van der Waals surface area contributed by atoms with Crippen LogP contribution in [0.15, 0.2) is 16.2 Å². The predicted octanol–water partition coefficient (Wildman–Crippen LogP) is 3.19. The highest BCUT2D eigenvalue weighted by Crippen LogP contribution is 2.26. The Morgan fingerprint density at radius 2 is 2.18 bits per heavy atom. The summed E-state index contributed by atoms with van der Waals surface area (Å²) in [4.78, 5) is 15.5. The smallest absolute Gasteiger partial charge is 0.272 e. The van der Waals surface area contributed by atoms with Crippen LogP contribution in [-0.2, 0) is 0 Å². The van der Waals surface area contributed by atoms with E-state index in [9.17, 15) is 4.79 Å². The van der Waals surface area contributed by atoms with Crippen LogP contribution in [0.5, 0.6) is 0 Å². The number of aromatic amines is 1. The molecule has 3 rings (SSSR count). The number of thioether (sulfide) groups is 1. The maximum atomic E-state index is 12.4. The molecule has 0 unspecified atom stereocenters. The number of nitrogens with one attached hydrogen (secondary N) is 1. The summed E-state index contributed by atoms with van der Waals surface area (Å²) in [5.74, 6) is 2.24. The van der Waals surface area contributed by atoms with E-state index >= 15 is 0 Å². The predicted molar refractivity (Wildman–Crippen MR) is 76.9 cm³/mol. The summed E-state index contributed by atoms with van der Waals surface area (Å²) in [7, 11) is 0. The molecule has 0 radical (unpaired) electrons. The molecule has 2 aromatic heterocycles. The molecule has 1 saturated heterocycles. The number of fused-ring (bicyclic) bond motifs is 1. The Balaban J connectivity index is 2.20. The van der Waals surface area contributed by atoms with Crippen molar-refractivity contribution in [3.63, 3.8) is 0 Å². The molecule has 0 aromatic carbocycles. The first-order valence-electron chi connectivity index (χ1n) is 5.57. The molecule has 1 aliphatic heterocycles. The minimum absolute atomic E-state index is 0.0793. The lowest BCUT2D eigenvalue weighted by Crippen LogP contribution is -2.28. The maximum absolute atomic E-state index is 12.4. The second kappa shape index (κ2) is 4.59. The molecule has 90 valence electrons. The van der Waals surface area contributed by atoms with Gasteiger partial charge in [-0.05, 0) is 48.0 Å². The molecular weight excluding hydrogens is 272 g/mol. The van der Waals surface area contributed by atoms with Gasteiger partial charge in [-0.3, -0.25) is 9.36 Å². The molecule has 3 heterocycles. The number of thiophene rings is 1. The fraction of sp³-hybridized carbons (Fsp3) is 0.455. The molecule has 0 saturated carbocycles. The second-order valence-electron chi connectivity index (χ2n) is 4.11. The maximum Gasteiger partial charge on any atom is 0.272 e. The van der Waals surface area contributed by atoms with Crippen LogP contribution >= 0.6 is 35.3 Å². The van der Waals surface area contributed by atoms with E-state index in [1.54, 1.807) is 4.57 Å². The highest BCUT2D eigenvalue weighted by atomic mass is 32.2. The Morgan fingerprint density at radius 1 is 1.41 bits per heavy atom. The Morgan fingerprint density at radius 3 is 2.94 bits per heavy atom. The third-order valence-electron chi connectivity index (χ3n) is 3.09. The number of hydrogen-bond donors (Lipinski definition) is 1. The van der Waals surface area contributed by atoms with Gasteiger partial charge in [-0.1, -0.05) is 0 Å². The van der Waals surface area contributed by atoms with Gasteiger partial charge in [0, 0.05) is 6.04 Å². The molecule has 0 aliphatic carbocycles. The Kier molecular flexibility index (Phi) is 3.10. The first-order valence-corrected chi connectivity index (χ1v) is 8.01. The number of H-pyrrole nitrogens is 1. The molecule has 1 fully saturated rings. The summed E-state index contributed by atoms with van der Waals surface area (Å²) >= 11 is 8.76. The van der Waals surface area contributed by atoms with E-state index in [1.807, 2.05) is 23.2 Å². The summed E-state index contributed by atoms with van der Waals surface area (Å²) in [6.45, 7) is 0. The van der Waals surface area contributed by atoms with Crippen molar-refractivity contribution >= 4 is 45.5 Å². The lowest BCUT2D eigenvalue weighted by molar-refractivity contribution is 0.449. The van der Waals surface area contributed by atoms with E-state index in [1.165, 1.54) is 11.3 Å². The van der Waals surface area contributed by atoms with Gasteiger partial charge in [0.25, 0.3) is 5.56 Å². The molecule has 1 aliphatic rings. The zero-order valence-corrected chi connectivity index (χ0v) is 11.6. The average Bonchev–Trinajstić information content (AvgIpc) is 2.78. The van der Waals surface area contributed by atoms with Crippen LogP contribution in [-0.4, -0.2) is 21.1 Å². The number of nitrogens with zero attached hydrogens (tertiary/aromatic N) is 1. The van der Waals surface area contributed by atoms with Crippen molar-refractivity contribution in [2.45, 2.75) is 18.9 Å². The fourth-order valence-electron chi connectivity index (χ4n) is 2.23. The van der Waals surface area contributed by atoms with E-state index in [0.29, 0.717) is 4.77 Å². The van der Waals surface area contributed by atoms with Crippen molar-refractivity contribution < 1.29 is 0 Å². The summed E-state index contributed by atoms with van der Waals surface area (Å²) in [6.07, 6.45) is 2.08. The fourth-order valence-corrected chi connectivity index (χ4v) is 4.43. The van der Waals surface area contributed by atoms with Crippen molar-refractivity contribution in [1.29, 1.82) is 0 Å². The number of rotatable bonds is 1. The summed E-state index contributed by atoms with van der Waals surface area (Å²) in [5, 5.41) is 1.93. The minimum Gasteiger partial charge on any atom is -0.331 e. The van der Waals surface area contributed by atoms with E-state index in [-0.39, 0.29) is 11.6 Å². The van der Waals surface area contributed by atoms with Crippen molar-refractivity contribution in [2.75, 3.05) is 11.5 Å². The van der Waals surface area contributed by atoms with Crippen molar-refractivity contribution in [3.05, 3.63) is 26.6 Å². The van der Waals surface area contributed by atoms with Gasteiger partial charge < -0.3 is 4.98 Å². The van der Waals surface area contributed by atoms with Gasteiger partial charge in [-0.2, -0.15) is 11.8 Å². The van der Waals surface area contributed by atoms with E-state index < -0.39 is 0 Å². The molecule has 17 heavy (non-hydrogen) atoms. The zero-order valence-electron chi connectivity index (χ0n) is 9.14. The molecule has 1 N–H and O–H groups in total. The number of aromatic nitrogens is 2. The first-order chi connectivity index (χ1) is 8.27. The van der Waals surface area contributed by atoms with Gasteiger partial charge in [0.05, 0.1) is 5.52 Å². The van der Waals surface area contributed by atoms with Crippen LogP contribution < -0.4 is 5.56 Å². The summed E-state index contributed by atoms with van der Waals surface area (Å²) in [6, 6.07) is 2.19. The normalized spacial score (nSPS) is 17.6. The molecule has 0 spiro atoms. The molecule has 0 amide bonds. The minimum atomic E-state index is 0.0793. The Bertz CT molecular complexity index is 649. The third kappa shape index (κ3) is 1.98. The van der Waals surface area contributed by atoms with Gasteiger partial charge in [0.2, 0.25) is 0 Å². The summed E-state index contributed by atoms with van der Waals surface area (Å²) < 4.78 is 3.14. The standard InChI is InChI=1S/C11H12N2OS3/c14-10-9-8(3-6-17-9)12-11(15)13(10)7-1-4-16-5-2-7/h3,6-7H,1-2,4-5H2,(H,12,15). The Labute approximate surface area is 112 Å². The van der Waals surface area contributed by atoms with Gasteiger partial charge in [0.15, 0.2) is 4.77 Å². The van der Waals surface area contributed by atoms with E-state index in [0.717, 1.165) is 34.6 Å². The average molecular weight is 284 g/mol. The molecule has 6 heteroatoms. The highest BCUT2D eigenvalue weighted by Gasteiger charge is 2.19. The highest BCUT2D eigenvalue weighted by molar-refractivity contribution is 7.99. The summed E-state index contributed by atoms with van der Waals surface area (Å²) in [5.41, 5.74) is 0.946. The van der Waals surface area contributed by atoms with Gasteiger partial charge in [-0.15, -0.1) is 11.3 Å². The molecular formula is C11H12N2OS3. The topological polar surface area (TPSA) is 37.8 Å². The van der Waals surface area contributed by atoms with Crippen LogP contribution in [0.25, 0.3) is 10.2 Å². The first kappa shape index (κ1) is 11.5. The zero-order chi connectivity index (χ0) is 11.8. The molecule has 3 nitrogen and oxygen atoms in total. The van der Waals surface area contributed by atoms with E-state index in [4.69, 9.17) is 12.2 Å². The third-order valence-corrected chi connectivity index (χ3v) is 5.34. The quantitative estimate of drug-likeness (QED) is 0.817. The van der Waals surface area contributed by atoms with Gasteiger partial charge in [0.1, 0.15) is 4.70 Å². The van der Waals surface area contributed by atoms with Crippen LogP contribution in [0.3, 0.4) is 0 Å². The molecule has 0 atom stereocenters. The lowest BCUT2D eigenvalue weighted by atomic mass is 10.1. The largest absolute Gasteiger partial charge is 0.331 e. The molecule has 2 aromatic rings. The Hall–Kier alpha value is -0.590. The van der Waals surface area contributed by atoms with Crippen molar-refractivity contribution in [2.24, 2.45) is 0 Å². The lowest BCUT2D eigenvalue weighted by Gasteiger charge is -2.23. The monoisotopic (exact) mass is 284 g/mol. The van der Waals surface area contributed by atoms with Crippen molar-refractivity contribution in [3.8, 4) is 0 Å². The van der Waals surface area contributed by atoms with E-state index in [2.05, 4.69) is 4.98 Å². The van der Waals surface area contributed by atoms with Crippen LogP contribution in [0.4, 0.5) is 0 Å². The second-order valence-corrected chi connectivity index (χ2v) is 6.64. The van der Waals surface area contributed by atoms with Crippen LogP contribution in [0.2, 0.25) is 0 Å². The van der Waals surface area contributed by atoms with Crippen LogP contribution in [0.1, 0.15) is 18.9 Å². The van der Waals surface area contributed by atoms with Gasteiger partial charge in [-0.25, -0.2) is 0 Å². The molecule has 0 bridgehead atoms. The number of hydrogen-bond acceptors (Lipinski definition) is 4.